The molecule has 0 fully saturated rings. The van der Waals surface area contributed by atoms with E-state index >= 15 is 0 Å². The average Bonchev–Trinajstić information content (AvgIpc) is 2.41. The number of nitrogens with one attached hydrogen (secondary N) is 1. The third-order valence-corrected chi connectivity index (χ3v) is 4.83. The van der Waals surface area contributed by atoms with Crippen molar-refractivity contribution in [1.29, 1.82) is 0 Å². The first-order chi connectivity index (χ1) is 9.83. The lowest BCUT2D eigenvalue weighted by Gasteiger charge is -2.13. The number of hydrogen-bond donors (Lipinski definition) is 1. The van der Waals surface area contributed by atoms with Crippen LogP contribution in [0.1, 0.15) is 11.1 Å². The predicted molar refractivity (Wildman–Crippen MR) is 84.7 cm³/mol. The third kappa shape index (κ3) is 3.49. The first-order valence-corrected chi connectivity index (χ1v) is 8.13. The molecule has 2 rings (SSSR count). The summed E-state index contributed by atoms with van der Waals surface area (Å²) in [7, 11) is -2.20. The molecule has 0 saturated heterocycles. The molecule has 0 aliphatic carbocycles. The lowest BCUT2D eigenvalue weighted by molar-refractivity contribution is 0.417. The van der Waals surface area contributed by atoms with Gasteiger partial charge >= 0.3 is 0 Å². The summed E-state index contributed by atoms with van der Waals surface area (Å²) >= 11 is 5.92. The Labute approximate surface area is 129 Å². The summed E-state index contributed by atoms with van der Waals surface area (Å²) in [6.45, 7) is 3.64. The molecular weight excluding hydrogens is 310 g/mol. The van der Waals surface area contributed by atoms with Crippen molar-refractivity contribution in [3.8, 4) is 5.75 Å². The second-order valence-corrected chi connectivity index (χ2v) is 6.81. The molecule has 0 unspecified atom stereocenters. The third-order valence-electron chi connectivity index (χ3n) is 3.04. The lowest BCUT2D eigenvalue weighted by atomic mass is 10.2. The molecule has 1 N–H and O–H groups in total. The molecule has 4 nitrogen and oxygen atoms in total. The highest BCUT2D eigenvalue weighted by molar-refractivity contribution is 7.92. The monoisotopic (exact) mass is 325 g/mol. The van der Waals surface area contributed by atoms with Gasteiger partial charge in [0.05, 0.1) is 17.7 Å². The summed E-state index contributed by atoms with van der Waals surface area (Å²) in [5, 5.41) is 0.530. The molecule has 112 valence electrons. The highest BCUT2D eigenvalue weighted by atomic mass is 35.5. The van der Waals surface area contributed by atoms with Gasteiger partial charge in [0, 0.05) is 5.02 Å². The molecular formula is C15H16ClNO3S. The first-order valence-electron chi connectivity index (χ1n) is 6.27. The van der Waals surface area contributed by atoms with Crippen molar-refractivity contribution < 1.29 is 13.2 Å². The Balaban J connectivity index is 2.41. The van der Waals surface area contributed by atoms with Crippen molar-refractivity contribution in [3.63, 3.8) is 0 Å². The van der Waals surface area contributed by atoms with Crippen LogP contribution in [0.25, 0.3) is 0 Å². The Morgan fingerprint density at radius 3 is 2.43 bits per heavy atom. The van der Waals surface area contributed by atoms with Gasteiger partial charge in [-0.2, -0.15) is 0 Å². The maximum Gasteiger partial charge on any atom is 0.262 e. The normalized spacial score (nSPS) is 11.2. The quantitative estimate of drug-likeness (QED) is 0.931. The second kappa shape index (κ2) is 5.95. The maximum atomic E-state index is 12.4. The topological polar surface area (TPSA) is 55.4 Å². The van der Waals surface area contributed by atoms with Gasteiger partial charge in [-0.3, -0.25) is 4.72 Å². The standard InChI is InChI=1S/C15H16ClNO3S/c1-10-4-7-15(20-3)14(8-10)17-21(18,19)12-5-6-13(16)11(2)9-12/h4-9,17H,1-3H3. The molecule has 0 atom stereocenters. The lowest BCUT2D eigenvalue weighted by Crippen LogP contribution is -2.14. The van der Waals surface area contributed by atoms with Crippen LogP contribution in [0.4, 0.5) is 5.69 Å². The molecule has 0 aliphatic heterocycles. The molecule has 0 aromatic heterocycles. The van der Waals surface area contributed by atoms with Gasteiger partial charge in [-0.25, -0.2) is 8.42 Å². The Hall–Kier alpha value is -1.72. The van der Waals surface area contributed by atoms with Crippen LogP contribution in [0.3, 0.4) is 0 Å². The van der Waals surface area contributed by atoms with E-state index in [0.29, 0.717) is 22.0 Å². The van der Waals surface area contributed by atoms with Gasteiger partial charge in [-0.05, 0) is 55.3 Å². The van der Waals surface area contributed by atoms with Crippen LogP contribution >= 0.6 is 11.6 Å². The molecule has 2 aromatic carbocycles. The Kier molecular flexibility index (Phi) is 4.44. The SMILES string of the molecule is COc1ccc(C)cc1NS(=O)(=O)c1ccc(Cl)c(C)c1. The predicted octanol–water partition coefficient (Wildman–Crippen LogP) is 3.77. The van der Waals surface area contributed by atoms with Crippen molar-refractivity contribution in [1.82, 2.24) is 0 Å². The summed E-state index contributed by atoms with van der Waals surface area (Å²) in [4.78, 5) is 0.160. The molecule has 0 saturated carbocycles. The van der Waals surface area contributed by atoms with Crippen LogP contribution in [-0.2, 0) is 10.0 Å². The number of hydrogen-bond acceptors (Lipinski definition) is 3. The van der Waals surface area contributed by atoms with E-state index in [1.165, 1.54) is 19.2 Å². The van der Waals surface area contributed by atoms with Gasteiger partial charge in [-0.15, -0.1) is 0 Å². The number of sulfonamides is 1. The van der Waals surface area contributed by atoms with Crippen molar-refractivity contribution in [2.45, 2.75) is 18.7 Å². The van der Waals surface area contributed by atoms with E-state index in [-0.39, 0.29) is 4.90 Å². The number of halogens is 1. The zero-order valence-corrected chi connectivity index (χ0v) is 13.5. The minimum absolute atomic E-state index is 0.160. The zero-order chi connectivity index (χ0) is 15.6. The van der Waals surface area contributed by atoms with E-state index < -0.39 is 10.0 Å². The number of methoxy groups -OCH3 is 1. The molecule has 6 heteroatoms. The highest BCUT2D eigenvalue weighted by Gasteiger charge is 2.17. The van der Waals surface area contributed by atoms with Gasteiger partial charge in [0.25, 0.3) is 10.0 Å². The number of benzene rings is 2. The number of ether oxygens (including phenoxy) is 1. The van der Waals surface area contributed by atoms with E-state index in [1.54, 1.807) is 25.1 Å². The van der Waals surface area contributed by atoms with Crippen molar-refractivity contribution in [2.75, 3.05) is 11.8 Å². The van der Waals surface area contributed by atoms with Gasteiger partial charge < -0.3 is 4.74 Å². The van der Waals surface area contributed by atoms with E-state index in [1.807, 2.05) is 13.0 Å². The molecule has 21 heavy (non-hydrogen) atoms. The number of aryl methyl sites for hydroxylation is 2. The maximum absolute atomic E-state index is 12.4. The summed E-state index contributed by atoms with van der Waals surface area (Å²) in [5.41, 5.74) is 2.04. The van der Waals surface area contributed by atoms with Crippen molar-refractivity contribution in [3.05, 3.63) is 52.5 Å². The van der Waals surface area contributed by atoms with Gasteiger partial charge in [0.15, 0.2) is 0 Å². The fourth-order valence-electron chi connectivity index (χ4n) is 1.89. The van der Waals surface area contributed by atoms with Gasteiger partial charge in [-0.1, -0.05) is 17.7 Å². The van der Waals surface area contributed by atoms with E-state index in [2.05, 4.69) is 4.72 Å². The minimum Gasteiger partial charge on any atom is -0.495 e. The summed E-state index contributed by atoms with van der Waals surface area (Å²) in [6.07, 6.45) is 0. The first kappa shape index (κ1) is 15.7. The Bertz CT molecular complexity index is 772. The van der Waals surface area contributed by atoms with E-state index in [9.17, 15) is 8.42 Å². The van der Waals surface area contributed by atoms with Crippen LogP contribution in [0.5, 0.6) is 5.75 Å². The molecule has 0 aliphatic rings. The van der Waals surface area contributed by atoms with E-state index in [0.717, 1.165) is 5.56 Å². The zero-order valence-electron chi connectivity index (χ0n) is 12.0. The fraction of sp³-hybridized carbons (Fsp3) is 0.200. The molecule has 2 aromatic rings. The van der Waals surface area contributed by atoms with Gasteiger partial charge in [0.1, 0.15) is 5.75 Å². The minimum atomic E-state index is -3.69. The molecule has 0 radical (unpaired) electrons. The summed E-state index contributed by atoms with van der Waals surface area (Å²) in [6, 6.07) is 9.87. The van der Waals surface area contributed by atoms with Crippen LogP contribution in [0.2, 0.25) is 5.02 Å². The summed E-state index contributed by atoms with van der Waals surface area (Å²) in [5.74, 6) is 0.467. The molecule has 0 amide bonds. The second-order valence-electron chi connectivity index (χ2n) is 4.72. The van der Waals surface area contributed by atoms with E-state index in [4.69, 9.17) is 16.3 Å². The van der Waals surface area contributed by atoms with Gasteiger partial charge in [0.2, 0.25) is 0 Å². The Morgan fingerprint density at radius 1 is 1.10 bits per heavy atom. The Morgan fingerprint density at radius 2 is 1.81 bits per heavy atom. The van der Waals surface area contributed by atoms with Crippen LogP contribution in [0, 0.1) is 13.8 Å². The van der Waals surface area contributed by atoms with Crippen molar-refractivity contribution >= 4 is 27.3 Å². The number of anilines is 1. The summed E-state index contributed by atoms with van der Waals surface area (Å²) < 4.78 is 32.6. The average molecular weight is 326 g/mol. The van der Waals surface area contributed by atoms with Crippen LogP contribution < -0.4 is 9.46 Å². The smallest absolute Gasteiger partial charge is 0.262 e. The van der Waals surface area contributed by atoms with Crippen LogP contribution in [-0.4, -0.2) is 15.5 Å². The fourth-order valence-corrected chi connectivity index (χ4v) is 3.15. The molecule has 0 bridgehead atoms. The molecule has 0 spiro atoms. The molecule has 0 heterocycles. The van der Waals surface area contributed by atoms with Crippen molar-refractivity contribution in [2.24, 2.45) is 0 Å². The largest absolute Gasteiger partial charge is 0.495 e. The number of rotatable bonds is 4. The van der Waals surface area contributed by atoms with Crippen LogP contribution in [0.15, 0.2) is 41.3 Å². The highest BCUT2D eigenvalue weighted by Crippen LogP contribution is 2.28.